The number of nitrogens with two attached hydrogens (primary N) is 1. The second-order valence-electron chi connectivity index (χ2n) is 3.88. The first-order valence-electron chi connectivity index (χ1n) is 5.43. The Morgan fingerprint density at radius 1 is 1.64 bits per heavy atom. The summed E-state index contributed by atoms with van der Waals surface area (Å²) in [6.45, 7) is 1.63. The zero-order valence-electron chi connectivity index (χ0n) is 9.00. The van der Waals surface area contributed by atoms with Gasteiger partial charge in [-0.2, -0.15) is 0 Å². The summed E-state index contributed by atoms with van der Waals surface area (Å²) in [4.78, 5) is 0. The Bertz CT molecular complexity index is 138. The van der Waals surface area contributed by atoms with Crippen LogP contribution in [0.4, 0.5) is 0 Å². The van der Waals surface area contributed by atoms with E-state index in [0.717, 1.165) is 25.9 Å². The summed E-state index contributed by atoms with van der Waals surface area (Å²) < 4.78 is 10.6. The van der Waals surface area contributed by atoms with E-state index in [2.05, 4.69) is 5.43 Å². The Balaban J connectivity index is 2.00. The van der Waals surface area contributed by atoms with Crippen molar-refractivity contribution in [1.82, 2.24) is 5.43 Å². The molecule has 1 saturated heterocycles. The van der Waals surface area contributed by atoms with Crippen LogP contribution in [0.1, 0.15) is 32.1 Å². The second kappa shape index (κ2) is 7.17. The molecule has 0 aliphatic carbocycles. The van der Waals surface area contributed by atoms with E-state index in [0.29, 0.717) is 12.7 Å². The Hall–Kier alpha value is -0.160. The molecule has 84 valence electrons. The number of nitrogens with one attached hydrogen (secondary N) is 1. The average Bonchev–Trinajstić information content (AvgIpc) is 2.69. The van der Waals surface area contributed by atoms with Crippen molar-refractivity contribution in [3.05, 3.63) is 0 Å². The lowest BCUT2D eigenvalue weighted by molar-refractivity contribution is 0.0987. The van der Waals surface area contributed by atoms with Gasteiger partial charge in [-0.15, -0.1) is 0 Å². The Morgan fingerprint density at radius 2 is 2.50 bits per heavy atom. The van der Waals surface area contributed by atoms with Crippen LogP contribution in [-0.4, -0.2) is 32.5 Å². The first kappa shape index (κ1) is 11.9. The van der Waals surface area contributed by atoms with Gasteiger partial charge in [-0.1, -0.05) is 0 Å². The highest BCUT2D eigenvalue weighted by molar-refractivity contribution is 4.68. The predicted octanol–water partition coefficient (Wildman–Crippen LogP) is 0.814. The van der Waals surface area contributed by atoms with Crippen LogP contribution in [0.2, 0.25) is 0 Å². The summed E-state index contributed by atoms with van der Waals surface area (Å²) in [5.41, 5.74) is 2.76. The van der Waals surface area contributed by atoms with E-state index in [1.165, 1.54) is 12.8 Å². The molecule has 4 heteroatoms. The minimum atomic E-state index is 0.279. The SMILES string of the molecule is COCC(CCCC1CCCO1)NN. The zero-order chi connectivity index (χ0) is 10.2. The van der Waals surface area contributed by atoms with E-state index in [-0.39, 0.29) is 6.04 Å². The van der Waals surface area contributed by atoms with Crippen LogP contribution in [0.3, 0.4) is 0 Å². The van der Waals surface area contributed by atoms with Crippen LogP contribution in [0.25, 0.3) is 0 Å². The van der Waals surface area contributed by atoms with Gasteiger partial charge in [0.1, 0.15) is 0 Å². The molecule has 3 N–H and O–H groups in total. The number of hydrogen-bond acceptors (Lipinski definition) is 4. The topological polar surface area (TPSA) is 56.5 Å². The molecule has 0 spiro atoms. The van der Waals surface area contributed by atoms with Crippen molar-refractivity contribution in [1.29, 1.82) is 0 Å². The van der Waals surface area contributed by atoms with E-state index in [1.54, 1.807) is 7.11 Å². The molecule has 1 fully saturated rings. The molecule has 2 atom stereocenters. The van der Waals surface area contributed by atoms with Gasteiger partial charge in [-0.05, 0) is 32.1 Å². The van der Waals surface area contributed by atoms with Gasteiger partial charge in [-0.25, -0.2) is 0 Å². The highest BCUT2D eigenvalue weighted by Gasteiger charge is 2.15. The van der Waals surface area contributed by atoms with Crippen molar-refractivity contribution >= 4 is 0 Å². The normalized spacial score (nSPS) is 24.0. The summed E-state index contributed by atoms with van der Waals surface area (Å²) in [5.74, 6) is 5.39. The average molecular weight is 202 g/mol. The monoisotopic (exact) mass is 202 g/mol. The van der Waals surface area contributed by atoms with Crippen LogP contribution in [0.15, 0.2) is 0 Å². The van der Waals surface area contributed by atoms with E-state index in [9.17, 15) is 0 Å². The first-order valence-corrected chi connectivity index (χ1v) is 5.43. The maximum atomic E-state index is 5.55. The lowest BCUT2D eigenvalue weighted by Crippen LogP contribution is -2.38. The summed E-state index contributed by atoms with van der Waals surface area (Å²) in [6.07, 6.45) is 6.32. The largest absolute Gasteiger partial charge is 0.383 e. The molecule has 0 amide bonds. The van der Waals surface area contributed by atoms with Crippen LogP contribution >= 0.6 is 0 Å². The van der Waals surface area contributed by atoms with Crippen LogP contribution in [0, 0.1) is 0 Å². The zero-order valence-corrected chi connectivity index (χ0v) is 9.00. The molecule has 0 saturated carbocycles. The molecule has 0 aromatic carbocycles. The summed E-state index contributed by atoms with van der Waals surface area (Å²) in [5, 5.41) is 0. The van der Waals surface area contributed by atoms with Gasteiger partial charge in [0.05, 0.1) is 12.7 Å². The predicted molar refractivity (Wildman–Crippen MR) is 55.8 cm³/mol. The van der Waals surface area contributed by atoms with Crippen LogP contribution in [0.5, 0.6) is 0 Å². The third-order valence-electron chi connectivity index (χ3n) is 2.71. The minimum absolute atomic E-state index is 0.279. The molecule has 1 rings (SSSR count). The standard InChI is InChI=1S/C10H22N2O2/c1-13-8-9(12-11)4-2-5-10-6-3-7-14-10/h9-10,12H,2-8,11H2,1H3. The fourth-order valence-corrected chi connectivity index (χ4v) is 1.88. The molecule has 0 radical (unpaired) electrons. The third kappa shape index (κ3) is 4.37. The number of methoxy groups -OCH3 is 1. The van der Waals surface area contributed by atoms with Crippen LogP contribution < -0.4 is 11.3 Å². The fraction of sp³-hybridized carbons (Fsp3) is 1.00. The van der Waals surface area contributed by atoms with E-state index < -0.39 is 0 Å². The molecule has 0 aromatic rings. The summed E-state index contributed by atoms with van der Waals surface area (Å²) in [6, 6.07) is 0.279. The van der Waals surface area contributed by atoms with Gasteiger partial charge in [0, 0.05) is 19.8 Å². The van der Waals surface area contributed by atoms with Gasteiger partial charge in [0.15, 0.2) is 0 Å². The van der Waals surface area contributed by atoms with Gasteiger partial charge < -0.3 is 9.47 Å². The van der Waals surface area contributed by atoms with Crippen molar-refractivity contribution in [3.8, 4) is 0 Å². The highest BCUT2D eigenvalue weighted by atomic mass is 16.5. The molecule has 4 nitrogen and oxygen atoms in total. The van der Waals surface area contributed by atoms with Crippen molar-refractivity contribution in [2.24, 2.45) is 5.84 Å². The second-order valence-corrected chi connectivity index (χ2v) is 3.88. The Morgan fingerprint density at radius 3 is 3.07 bits per heavy atom. The maximum absolute atomic E-state index is 5.55. The van der Waals surface area contributed by atoms with Gasteiger partial charge >= 0.3 is 0 Å². The minimum Gasteiger partial charge on any atom is -0.383 e. The molecular formula is C10H22N2O2. The van der Waals surface area contributed by atoms with Crippen LogP contribution in [-0.2, 0) is 9.47 Å². The van der Waals surface area contributed by atoms with E-state index in [4.69, 9.17) is 15.3 Å². The molecule has 14 heavy (non-hydrogen) atoms. The Labute approximate surface area is 86.1 Å². The molecule has 0 aromatic heterocycles. The first-order chi connectivity index (χ1) is 6.86. The van der Waals surface area contributed by atoms with Crippen molar-refractivity contribution in [2.75, 3.05) is 20.3 Å². The summed E-state index contributed by atoms with van der Waals surface area (Å²) >= 11 is 0. The Kier molecular flexibility index (Phi) is 6.10. The van der Waals surface area contributed by atoms with Crippen molar-refractivity contribution in [3.63, 3.8) is 0 Å². The number of ether oxygens (including phenoxy) is 2. The third-order valence-corrected chi connectivity index (χ3v) is 2.71. The number of rotatable bonds is 7. The van der Waals surface area contributed by atoms with Crippen molar-refractivity contribution < 1.29 is 9.47 Å². The quantitative estimate of drug-likeness (QED) is 0.474. The maximum Gasteiger partial charge on any atom is 0.0629 e. The number of hydrogen-bond donors (Lipinski definition) is 2. The van der Waals surface area contributed by atoms with Gasteiger partial charge in [0.2, 0.25) is 0 Å². The van der Waals surface area contributed by atoms with Gasteiger partial charge in [-0.3, -0.25) is 11.3 Å². The fourth-order valence-electron chi connectivity index (χ4n) is 1.88. The molecule has 2 unspecified atom stereocenters. The molecular weight excluding hydrogens is 180 g/mol. The molecule has 1 aliphatic rings. The van der Waals surface area contributed by atoms with Gasteiger partial charge in [0.25, 0.3) is 0 Å². The smallest absolute Gasteiger partial charge is 0.0629 e. The van der Waals surface area contributed by atoms with Crippen molar-refractivity contribution in [2.45, 2.75) is 44.2 Å². The number of hydrazine groups is 1. The molecule has 0 bridgehead atoms. The summed E-state index contributed by atoms with van der Waals surface area (Å²) in [7, 11) is 1.70. The van der Waals surface area contributed by atoms with E-state index >= 15 is 0 Å². The van der Waals surface area contributed by atoms with E-state index in [1.807, 2.05) is 0 Å². The molecule has 1 heterocycles. The lowest BCUT2D eigenvalue weighted by Gasteiger charge is -2.15. The highest BCUT2D eigenvalue weighted by Crippen LogP contribution is 2.18. The lowest BCUT2D eigenvalue weighted by atomic mass is 10.1. The molecule has 1 aliphatic heterocycles.